The molecule has 6 heteroatoms. The van der Waals surface area contributed by atoms with Crippen molar-refractivity contribution < 1.29 is 19.1 Å². The van der Waals surface area contributed by atoms with Crippen LogP contribution in [0.25, 0.3) is 6.08 Å². The largest absolute Gasteiger partial charge is 0.497 e. The van der Waals surface area contributed by atoms with Gasteiger partial charge in [-0.15, -0.1) is 0 Å². The van der Waals surface area contributed by atoms with Crippen molar-refractivity contribution in [2.45, 2.75) is 31.7 Å². The van der Waals surface area contributed by atoms with Crippen LogP contribution in [0.3, 0.4) is 0 Å². The first-order chi connectivity index (χ1) is 16.1. The average Bonchev–Trinajstić information content (AvgIpc) is 3.36. The molecule has 2 saturated heterocycles. The monoisotopic (exact) mass is 448 g/mol. The lowest BCUT2D eigenvalue weighted by Gasteiger charge is -2.35. The number of piperidine rings is 1. The number of likely N-dealkylation sites (tertiary alicyclic amines) is 2. The summed E-state index contributed by atoms with van der Waals surface area (Å²) in [7, 11) is 3.28. The van der Waals surface area contributed by atoms with Crippen molar-refractivity contribution in [3.63, 3.8) is 0 Å². The zero-order chi connectivity index (χ0) is 23.2. The first kappa shape index (κ1) is 22.9. The van der Waals surface area contributed by atoms with Gasteiger partial charge in [-0.1, -0.05) is 30.3 Å². The summed E-state index contributed by atoms with van der Waals surface area (Å²) in [5, 5.41) is 0. The van der Waals surface area contributed by atoms with Crippen LogP contribution in [-0.2, 0) is 9.59 Å². The van der Waals surface area contributed by atoms with Crippen LogP contribution in [0.2, 0.25) is 0 Å². The second-order valence-corrected chi connectivity index (χ2v) is 8.64. The van der Waals surface area contributed by atoms with Crippen LogP contribution in [0.1, 0.15) is 42.9 Å². The Morgan fingerprint density at radius 3 is 2.39 bits per heavy atom. The Morgan fingerprint density at radius 1 is 0.939 bits per heavy atom. The topological polar surface area (TPSA) is 59.1 Å². The van der Waals surface area contributed by atoms with Gasteiger partial charge in [0, 0.05) is 43.3 Å². The Hall–Kier alpha value is -3.28. The summed E-state index contributed by atoms with van der Waals surface area (Å²) in [5.41, 5.74) is 2.03. The maximum atomic E-state index is 13.4. The zero-order valence-electron chi connectivity index (χ0n) is 19.4. The lowest BCUT2D eigenvalue weighted by atomic mass is 9.94. The number of methoxy groups -OCH3 is 2. The van der Waals surface area contributed by atoms with Crippen LogP contribution in [0, 0.1) is 5.92 Å². The molecule has 2 heterocycles. The van der Waals surface area contributed by atoms with Gasteiger partial charge in [0.2, 0.25) is 11.8 Å². The summed E-state index contributed by atoms with van der Waals surface area (Å²) in [5.74, 6) is 1.65. The third kappa shape index (κ3) is 5.21. The number of rotatable bonds is 6. The summed E-state index contributed by atoms with van der Waals surface area (Å²) in [4.78, 5) is 29.9. The maximum absolute atomic E-state index is 13.4. The number of hydrogen-bond donors (Lipinski definition) is 0. The van der Waals surface area contributed by atoms with Crippen molar-refractivity contribution in [1.29, 1.82) is 0 Å². The van der Waals surface area contributed by atoms with Crippen molar-refractivity contribution in [2.75, 3.05) is 33.9 Å². The molecule has 1 atom stereocenters. The smallest absolute Gasteiger partial charge is 0.246 e. The lowest BCUT2D eigenvalue weighted by molar-refractivity contribution is -0.140. The highest BCUT2D eigenvalue weighted by Crippen LogP contribution is 2.40. The minimum absolute atomic E-state index is 0.00627. The fourth-order valence-corrected chi connectivity index (χ4v) is 4.87. The molecule has 0 N–H and O–H groups in total. The minimum atomic E-state index is -0.0444. The molecule has 2 aliphatic heterocycles. The molecular formula is C27H32N2O4. The molecule has 33 heavy (non-hydrogen) atoms. The molecule has 2 aromatic rings. The van der Waals surface area contributed by atoms with E-state index in [-0.39, 0.29) is 23.8 Å². The molecule has 0 aliphatic carbocycles. The number of amides is 2. The van der Waals surface area contributed by atoms with Crippen LogP contribution < -0.4 is 9.47 Å². The van der Waals surface area contributed by atoms with E-state index in [4.69, 9.17) is 9.47 Å². The van der Waals surface area contributed by atoms with Gasteiger partial charge >= 0.3 is 0 Å². The van der Waals surface area contributed by atoms with E-state index in [1.54, 1.807) is 20.3 Å². The van der Waals surface area contributed by atoms with Crippen LogP contribution in [0.4, 0.5) is 0 Å². The Bertz CT molecular complexity index is 996. The summed E-state index contributed by atoms with van der Waals surface area (Å²) >= 11 is 0. The maximum Gasteiger partial charge on any atom is 0.246 e. The Kier molecular flexibility index (Phi) is 7.33. The first-order valence-electron chi connectivity index (χ1n) is 11.6. The molecule has 2 amide bonds. The molecule has 6 nitrogen and oxygen atoms in total. The Labute approximate surface area is 195 Å². The van der Waals surface area contributed by atoms with Gasteiger partial charge < -0.3 is 19.3 Å². The molecule has 0 radical (unpaired) electrons. The number of hydrogen-bond acceptors (Lipinski definition) is 4. The van der Waals surface area contributed by atoms with Crippen LogP contribution in [0.15, 0.2) is 54.6 Å². The summed E-state index contributed by atoms with van der Waals surface area (Å²) in [6.07, 6.45) is 6.78. The highest BCUT2D eigenvalue weighted by molar-refractivity contribution is 5.92. The predicted octanol–water partition coefficient (Wildman–Crippen LogP) is 4.32. The molecule has 0 spiro atoms. The molecule has 2 aromatic carbocycles. The molecule has 0 bridgehead atoms. The van der Waals surface area contributed by atoms with E-state index in [9.17, 15) is 9.59 Å². The first-order valence-corrected chi connectivity index (χ1v) is 11.6. The van der Waals surface area contributed by atoms with Crippen LogP contribution >= 0.6 is 0 Å². The van der Waals surface area contributed by atoms with Crippen molar-refractivity contribution in [3.8, 4) is 11.5 Å². The van der Waals surface area contributed by atoms with E-state index in [1.165, 1.54) is 0 Å². The van der Waals surface area contributed by atoms with Crippen molar-refractivity contribution in [2.24, 2.45) is 5.92 Å². The number of nitrogens with zero attached hydrogens (tertiary/aromatic N) is 2. The zero-order valence-corrected chi connectivity index (χ0v) is 19.4. The number of benzene rings is 2. The number of carbonyl (C=O) groups is 2. The lowest BCUT2D eigenvalue weighted by Crippen LogP contribution is -2.43. The molecule has 0 unspecified atom stereocenters. The molecule has 4 rings (SSSR count). The van der Waals surface area contributed by atoms with Gasteiger partial charge in [0.25, 0.3) is 0 Å². The van der Waals surface area contributed by atoms with Crippen molar-refractivity contribution in [3.05, 3.63) is 65.7 Å². The van der Waals surface area contributed by atoms with Gasteiger partial charge in [0.1, 0.15) is 11.5 Å². The molecule has 2 aliphatic rings. The fourth-order valence-electron chi connectivity index (χ4n) is 4.87. The second-order valence-electron chi connectivity index (χ2n) is 8.64. The molecule has 0 aromatic heterocycles. The highest BCUT2D eigenvalue weighted by atomic mass is 16.5. The van der Waals surface area contributed by atoms with E-state index in [0.717, 1.165) is 42.0 Å². The van der Waals surface area contributed by atoms with Crippen molar-refractivity contribution >= 4 is 17.9 Å². The quantitative estimate of drug-likeness (QED) is 0.618. The molecule has 174 valence electrons. The Morgan fingerprint density at radius 2 is 1.70 bits per heavy atom. The SMILES string of the molecule is COc1ccc([C@@H]2CCCN2C(=O)C2CCN(C(=O)/C=C/c3ccccc3)CC2)c(OC)c1. The highest BCUT2D eigenvalue weighted by Gasteiger charge is 2.37. The minimum Gasteiger partial charge on any atom is -0.497 e. The second kappa shape index (κ2) is 10.6. The standard InChI is InChI=1S/C27H32N2O4/c1-32-22-11-12-23(25(19-22)33-2)24-9-6-16-29(24)27(31)21-14-17-28(18-15-21)26(30)13-10-20-7-4-3-5-8-20/h3-5,7-8,10-13,19,21,24H,6,9,14-18H2,1-2H3/b13-10+/t24-/m0/s1. The summed E-state index contributed by atoms with van der Waals surface area (Å²) < 4.78 is 10.9. The van der Waals surface area contributed by atoms with Crippen molar-refractivity contribution in [1.82, 2.24) is 9.80 Å². The van der Waals surface area contributed by atoms with E-state index in [1.807, 2.05) is 64.4 Å². The predicted molar refractivity (Wildman–Crippen MR) is 128 cm³/mol. The van der Waals surface area contributed by atoms with Crippen LogP contribution in [0.5, 0.6) is 11.5 Å². The van der Waals surface area contributed by atoms with E-state index in [2.05, 4.69) is 0 Å². The van der Waals surface area contributed by atoms with Gasteiger partial charge in [-0.05, 0) is 49.5 Å². The van der Waals surface area contributed by atoms with E-state index >= 15 is 0 Å². The number of ether oxygens (including phenoxy) is 2. The summed E-state index contributed by atoms with van der Waals surface area (Å²) in [6.45, 7) is 1.98. The van der Waals surface area contributed by atoms with Crippen LogP contribution in [-0.4, -0.2) is 55.5 Å². The number of carbonyl (C=O) groups excluding carboxylic acids is 2. The summed E-state index contributed by atoms with van der Waals surface area (Å²) in [6, 6.07) is 15.6. The fraction of sp³-hybridized carbons (Fsp3) is 0.407. The van der Waals surface area contributed by atoms with Gasteiger partial charge in [-0.25, -0.2) is 0 Å². The normalized spacial score (nSPS) is 19.2. The Balaban J connectivity index is 1.37. The van der Waals surface area contributed by atoms with Gasteiger partial charge in [-0.2, -0.15) is 0 Å². The van der Waals surface area contributed by atoms with E-state index in [0.29, 0.717) is 25.9 Å². The van der Waals surface area contributed by atoms with Gasteiger partial charge in [-0.3, -0.25) is 9.59 Å². The third-order valence-electron chi connectivity index (χ3n) is 6.71. The van der Waals surface area contributed by atoms with Gasteiger partial charge in [0.05, 0.1) is 20.3 Å². The molecule has 2 fully saturated rings. The average molecular weight is 449 g/mol. The molecular weight excluding hydrogens is 416 g/mol. The van der Waals surface area contributed by atoms with E-state index < -0.39 is 0 Å². The third-order valence-corrected chi connectivity index (χ3v) is 6.71. The molecule has 0 saturated carbocycles. The van der Waals surface area contributed by atoms with Gasteiger partial charge in [0.15, 0.2) is 0 Å².